The zero-order valence-electron chi connectivity index (χ0n) is 22.6. The number of H-pyrrole nitrogens is 1. The van der Waals surface area contributed by atoms with Crippen LogP contribution in [-0.4, -0.2) is 54.1 Å². The van der Waals surface area contributed by atoms with Gasteiger partial charge in [-0.25, -0.2) is 14.4 Å². The third kappa shape index (κ3) is 5.26. The largest absolute Gasteiger partial charge is 0.303 e. The van der Waals surface area contributed by atoms with Crippen LogP contribution in [0.15, 0.2) is 97.3 Å². The molecule has 0 radical (unpaired) electrons. The van der Waals surface area contributed by atoms with Crippen LogP contribution in [-0.2, 0) is 6.42 Å². The molecule has 2 aromatic carbocycles. The molecule has 6 aromatic rings. The monoisotopic (exact) mass is 543 g/mol. The normalized spacial score (nSPS) is 14.6. The lowest BCUT2D eigenvalue weighted by atomic mass is 9.95. The van der Waals surface area contributed by atoms with Crippen molar-refractivity contribution in [3.05, 3.63) is 115 Å². The number of pyridine rings is 2. The van der Waals surface area contributed by atoms with Gasteiger partial charge in [-0.05, 0) is 74.3 Å². The van der Waals surface area contributed by atoms with Gasteiger partial charge in [0.25, 0.3) is 0 Å². The molecule has 204 valence electrons. The summed E-state index contributed by atoms with van der Waals surface area (Å²) >= 11 is 0. The number of rotatable bonds is 7. The van der Waals surface area contributed by atoms with Crippen LogP contribution in [0.3, 0.4) is 0 Å². The van der Waals surface area contributed by atoms with E-state index in [1.807, 2.05) is 53.1 Å². The number of fused-ring (bicyclic) bond motifs is 1. The van der Waals surface area contributed by atoms with Crippen LogP contribution in [0.5, 0.6) is 0 Å². The smallest absolute Gasteiger partial charge is 0.199 e. The summed E-state index contributed by atoms with van der Waals surface area (Å²) in [6.45, 7) is 3.10. The van der Waals surface area contributed by atoms with Crippen molar-refractivity contribution in [1.29, 1.82) is 0 Å². The molecule has 5 heterocycles. The SMILES string of the molecule is Fc1cccc(-c2c(-c3ccc(CCN4CCC(c5nc(-c6ccccn6)n[nH]5)CC4)cc3)nc3ccccn23)c1. The number of nitrogens with zero attached hydrogens (tertiary/aromatic N) is 6. The molecule has 1 saturated heterocycles. The van der Waals surface area contributed by atoms with Gasteiger partial charge in [-0.15, -0.1) is 0 Å². The number of piperidine rings is 1. The van der Waals surface area contributed by atoms with Crippen molar-refractivity contribution in [2.24, 2.45) is 0 Å². The second-order valence-corrected chi connectivity index (χ2v) is 10.6. The highest BCUT2D eigenvalue weighted by atomic mass is 19.1. The average Bonchev–Trinajstić information content (AvgIpc) is 3.67. The van der Waals surface area contributed by atoms with E-state index >= 15 is 0 Å². The summed E-state index contributed by atoms with van der Waals surface area (Å²) in [6, 6.07) is 27.1. The number of benzene rings is 2. The molecule has 0 unspecified atom stereocenters. The summed E-state index contributed by atoms with van der Waals surface area (Å²) in [7, 11) is 0. The summed E-state index contributed by atoms with van der Waals surface area (Å²) in [6.07, 6.45) is 6.85. The predicted octanol–water partition coefficient (Wildman–Crippen LogP) is 6.41. The van der Waals surface area contributed by atoms with E-state index in [4.69, 9.17) is 9.97 Å². The first-order chi connectivity index (χ1) is 20.2. The summed E-state index contributed by atoms with van der Waals surface area (Å²) < 4.78 is 16.1. The Morgan fingerprint density at radius 3 is 2.51 bits per heavy atom. The van der Waals surface area contributed by atoms with Gasteiger partial charge in [0.1, 0.15) is 23.0 Å². The number of aromatic amines is 1. The molecule has 7 nitrogen and oxygen atoms in total. The minimum atomic E-state index is -0.256. The molecule has 1 N–H and O–H groups in total. The van der Waals surface area contributed by atoms with Crippen molar-refractivity contribution in [1.82, 2.24) is 34.4 Å². The van der Waals surface area contributed by atoms with Crippen LogP contribution in [0.1, 0.15) is 30.1 Å². The van der Waals surface area contributed by atoms with E-state index in [1.165, 1.54) is 11.6 Å². The van der Waals surface area contributed by atoms with E-state index < -0.39 is 0 Å². The highest BCUT2D eigenvalue weighted by molar-refractivity contribution is 5.82. The molecule has 1 aliphatic rings. The van der Waals surface area contributed by atoms with Gasteiger partial charge in [0.2, 0.25) is 0 Å². The second-order valence-electron chi connectivity index (χ2n) is 10.6. The molecule has 41 heavy (non-hydrogen) atoms. The summed E-state index contributed by atoms with van der Waals surface area (Å²) in [5, 5.41) is 7.54. The van der Waals surface area contributed by atoms with Crippen molar-refractivity contribution < 1.29 is 4.39 Å². The average molecular weight is 544 g/mol. The molecule has 0 aliphatic carbocycles. The second kappa shape index (κ2) is 11.1. The topological polar surface area (TPSA) is 75.0 Å². The molecule has 8 heteroatoms. The predicted molar refractivity (Wildman–Crippen MR) is 158 cm³/mol. The van der Waals surface area contributed by atoms with Gasteiger partial charge in [0, 0.05) is 36.0 Å². The van der Waals surface area contributed by atoms with E-state index in [0.717, 1.165) is 78.6 Å². The fourth-order valence-corrected chi connectivity index (χ4v) is 5.72. The molecule has 4 aromatic heterocycles. The van der Waals surface area contributed by atoms with Gasteiger partial charge in [0.05, 0.1) is 11.4 Å². The Hall–Kier alpha value is -4.69. The maximum absolute atomic E-state index is 14.1. The van der Waals surface area contributed by atoms with Crippen LogP contribution in [0.25, 0.3) is 39.7 Å². The van der Waals surface area contributed by atoms with Gasteiger partial charge in [0.15, 0.2) is 5.82 Å². The van der Waals surface area contributed by atoms with Crippen molar-refractivity contribution in [2.45, 2.75) is 25.2 Å². The maximum atomic E-state index is 14.1. The number of nitrogens with one attached hydrogen (secondary N) is 1. The Balaban J connectivity index is 1.00. The van der Waals surface area contributed by atoms with Crippen molar-refractivity contribution in [2.75, 3.05) is 19.6 Å². The van der Waals surface area contributed by atoms with Gasteiger partial charge in [-0.3, -0.25) is 14.5 Å². The highest BCUT2D eigenvalue weighted by Crippen LogP contribution is 2.33. The lowest BCUT2D eigenvalue weighted by Crippen LogP contribution is -2.34. The lowest BCUT2D eigenvalue weighted by Gasteiger charge is -2.30. The quantitative estimate of drug-likeness (QED) is 0.252. The number of halogens is 1. The van der Waals surface area contributed by atoms with Crippen LogP contribution in [0.4, 0.5) is 4.39 Å². The molecular weight excluding hydrogens is 513 g/mol. The lowest BCUT2D eigenvalue weighted by molar-refractivity contribution is 0.211. The Morgan fingerprint density at radius 2 is 1.71 bits per heavy atom. The van der Waals surface area contributed by atoms with Crippen LogP contribution >= 0.6 is 0 Å². The fraction of sp³-hybridized carbons (Fsp3) is 0.212. The number of hydrogen-bond donors (Lipinski definition) is 1. The number of aromatic nitrogens is 6. The molecular formula is C33H30FN7. The third-order valence-corrected chi connectivity index (χ3v) is 7.94. The minimum Gasteiger partial charge on any atom is -0.303 e. The molecule has 0 atom stereocenters. The first kappa shape index (κ1) is 25.3. The first-order valence-electron chi connectivity index (χ1n) is 14.1. The molecule has 1 fully saturated rings. The molecule has 7 rings (SSSR count). The van der Waals surface area contributed by atoms with E-state index in [9.17, 15) is 4.39 Å². The number of imidazole rings is 1. The molecule has 0 amide bonds. The standard InChI is InChI=1S/C33H30FN7/c34-27-7-5-6-26(22-27)31-30(36-29-9-2-4-18-41(29)31)24-12-10-23(11-13-24)14-19-40-20-15-25(16-21-40)32-37-33(39-38-32)28-8-1-3-17-35-28/h1-13,17-18,22,25H,14-16,19-21H2,(H,37,38,39). The van der Waals surface area contributed by atoms with E-state index in [2.05, 4.69) is 44.3 Å². The summed E-state index contributed by atoms with van der Waals surface area (Å²) in [5.41, 5.74) is 6.52. The van der Waals surface area contributed by atoms with Crippen molar-refractivity contribution in [3.8, 4) is 34.0 Å². The zero-order chi connectivity index (χ0) is 27.6. The molecule has 0 bridgehead atoms. The Morgan fingerprint density at radius 1 is 0.854 bits per heavy atom. The minimum absolute atomic E-state index is 0.256. The highest BCUT2D eigenvalue weighted by Gasteiger charge is 2.24. The Bertz CT molecular complexity index is 1770. The molecule has 1 aliphatic heterocycles. The van der Waals surface area contributed by atoms with Crippen LogP contribution in [0.2, 0.25) is 0 Å². The van der Waals surface area contributed by atoms with Gasteiger partial charge in [-0.1, -0.05) is 48.5 Å². The van der Waals surface area contributed by atoms with Crippen LogP contribution in [0, 0.1) is 5.82 Å². The first-order valence-corrected chi connectivity index (χ1v) is 14.1. The Labute approximate surface area is 237 Å². The van der Waals surface area contributed by atoms with Crippen molar-refractivity contribution >= 4 is 5.65 Å². The Kier molecular flexibility index (Phi) is 6.82. The zero-order valence-corrected chi connectivity index (χ0v) is 22.6. The summed E-state index contributed by atoms with van der Waals surface area (Å²) in [5.74, 6) is 1.77. The van der Waals surface area contributed by atoms with Gasteiger partial charge >= 0.3 is 0 Å². The maximum Gasteiger partial charge on any atom is 0.199 e. The number of hydrogen-bond acceptors (Lipinski definition) is 5. The van der Waals surface area contributed by atoms with Gasteiger partial charge in [-0.2, -0.15) is 5.10 Å². The molecule has 0 spiro atoms. The fourth-order valence-electron chi connectivity index (χ4n) is 5.72. The van der Waals surface area contributed by atoms with Crippen molar-refractivity contribution in [3.63, 3.8) is 0 Å². The third-order valence-electron chi connectivity index (χ3n) is 7.94. The van der Waals surface area contributed by atoms with E-state index in [-0.39, 0.29) is 5.82 Å². The van der Waals surface area contributed by atoms with Gasteiger partial charge < -0.3 is 4.90 Å². The van der Waals surface area contributed by atoms with Crippen LogP contribution < -0.4 is 0 Å². The molecule has 0 saturated carbocycles. The number of likely N-dealkylation sites (tertiary alicyclic amines) is 1. The van der Waals surface area contributed by atoms with E-state index in [1.54, 1.807) is 18.3 Å². The summed E-state index contributed by atoms with van der Waals surface area (Å²) in [4.78, 5) is 16.5. The van der Waals surface area contributed by atoms with E-state index in [0.29, 0.717) is 11.7 Å².